The first-order valence-corrected chi connectivity index (χ1v) is 8.84. The lowest BCUT2D eigenvalue weighted by atomic mass is 10.1. The van der Waals surface area contributed by atoms with E-state index in [1.807, 2.05) is 6.07 Å². The molecule has 0 atom stereocenters. The number of aryl methyl sites for hydroxylation is 1. The minimum absolute atomic E-state index is 0.187. The van der Waals surface area contributed by atoms with Crippen LogP contribution in [0.25, 0.3) is 0 Å². The summed E-state index contributed by atoms with van der Waals surface area (Å²) in [6.07, 6.45) is 2.96. The largest absolute Gasteiger partial charge is 0.312 e. The third kappa shape index (κ3) is 6.24. The van der Waals surface area contributed by atoms with Crippen LogP contribution in [0.2, 0.25) is 0 Å². The van der Waals surface area contributed by atoms with Crippen molar-refractivity contribution in [3.8, 4) is 0 Å². The highest BCUT2D eigenvalue weighted by Gasteiger charge is 2.09. The molecule has 2 aromatic rings. The van der Waals surface area contributed by atoms with Crippen LogP contribution in [-0.2, 0) is 12.8 Å². The maximum absolute atomic E-state index is 4.30. The summed E-state index contributed by atoms with van der Waals surface area (Å²) in [6.45, 7) is 7.58. The molecule has 5 heteroatoms. The Morgan fingerprint density at radius 3 is 2.67 bits per heavy atom. The van der Waals surface area contributed by atoms with Crippen LogP contribution < -0.4 is 5.32 Å². The van der Waals surface area contributed by atoms with Crippen LogP contribution >= 0.6 is 27.3 Å². The van der Waals surface area contributed by atoms with Crippen molar-refractivity contribution in [2.75, 3.05) is 6.54 Å². The Morgan fingerprint density at radius 2 is 1.95 bits per heavy atom. The standard InChI is InChI=1S/C16H22BrN3S/c1-16(2,3)18-9-5-8-14-19-20-15(21-14)11-12-6-4-7-13(17)10-12/h4,6-7,10,18H,5,8-9,11H2,1-3H3. The normalized spacial score (nSPS) is 11.8. The van der Waals surface area contributed by atoms with E-state index < -0.39 is 0 Å². The smallest absolute Gasteiger partial charge is 0.121 e. The van der Waals surface area contributed by atoms with Gasteiger partial charge < -0.3 is 5.32 Å². The van der Waals surface area contributed by atoms with Crippen molar-refractivity contribution in [3.05, 3.63) is 44.3 Å². The average molecular weight is 368 g/mol. The molecule has 0 amide bonds. The number of aromatic nitrogens is 2. The van der Waals surface area contributed by atoms with Crippen LogP contribution in [0.5, 0.6) is 0 Å². The van der Waals surface area contributed by atoms with Crippen LogP contribution in [0.15, 0.2) is 28.7 Å². The van der Waals surface area contributed by atoms with Gasteiger partial charge in [-0.15, -0.1) is 21.5 Å². The first-order valence-electron chi connectivity index (χ1n) is 7.23. The van der Waals surface area contributed by atoms with E-state index in [0.29, 0.717) is 0 Å². The first-order chi connectivity index (χ1) is 9.92. The van der Waals surface area contributed by atoms with Crippen molar-refractivity contribution in [2.45, 2.75) is 45.6 Å². The molecule has 114 valence electrons. The molecule has 0 saturated carbocycles. The van der Waals surface area contributed by atoms with E-state index in [1.165, 1.54) is 5.56 Å². The van der Waals surface area contributed by atoms with E-state index in [-0.39, 0.29) is 5.54 Å². The van der Waals surface area contributed by atoms with Gasteiger partial charge in [0.05, 0.1) is 0 Å². The Labute approximate surface area is 139 Å². The number of rotatable bonds is 6. The van der Waals surface area contributed by atoms with E-state index in [9.17, 15) is 0 Å². The Balaban J connectivity index is 1.81. The second-order valence-electron chi connectivity index (χ2n) is 6.18. The van der Waals surface area contributed by atoms with Gasteiger partial charge in [-0.1, -0.05) is 28.1 Å². The maximum Gasteiger partial charge on any atom is 0.121 e. The monoisotopic (exact) mass is 367 g/mol. The Morgan fingerprint density at radius 1 is 1.19 bits per heavy atom. The highest BCUT2D eigenvalue weighted by Crippen LogP contribution is 2.18. The minimum Gasteiger partial charge on any atom is -0.312 e. The molecule has 0 radical (unpaired) electrons. The molecule has 2 rings (SSSR count). The second kappa shape index (κ2) is 7.47. The topological polar surface area (TPSA) is 37.8 Å². The quantitative estimate of drug-likeness (QED) is 0.776. The SMILES string of the molecule is CC(C)(C)NCCCc1nnc(Cc2cccc(Br)c2)s1. The van der Waals surface area contributed by atoms with Gasteiger partial charge in [0.2, 0.25) is 0 Å². The fourth-order valence-corrected chi connectivity index (χ4v) is 3.35. The van der Waals surface area contributed by atoms with Crippen molar-refractivity contribution in [2.24, 2.45) is 0 Å². The summed E-state index contributed by atoms with van der Waals surface area (Å²) in [5.74, 6) is 0. The van der Waals surface area contributed by atoms with Gasteiger partial charge in [-0.25, -0.2) is 0 Å². The van der Waals surface area contributed by atoms with Gasteiger partial charge in [-0.05, 0) is 51.4 Å². The molecule has 3 nitrogen and oxygen atoms in total. The van der Waals surface area contributed by atoms with Crippen LogP contribution in [0.3, 0.4) is 0 Å². The molecule has 0 bridgehead atoms. The van der Waals surface area contributed by atoms with E-state index in [2.05, 4.69) is 70.4 Å². The summed E-state index contributed by atoms with van der Waals surface area (Å²) in [5.41, 5.74) is 1.45. The van der Waals surface area contributed by atoms with Crippen LogP contribution in [0, 0.1) is 0 Å². The third-order valence-corrected chi connectivity index (χ3v) is 4.45. The second-order valence-corrected chi connectivity index (χ2v) is 8.24. The van der Waals surface area contributed by atoms with E-state index >= 15 is 0 Å². The maximum atomic E-state index is 4.30. The van der Waals surface area contributed by atoms with Gasteiger partial charge in [0, 0.05) is 22.9 Å². The molecule has 1 aromatic heterocycles. The third-order valence-electron chi connectivity index (χ3n) is 2.98. The number of nitrogens with zero attached hydrogens (tertiary/aromatic N) is 2. The number of halogens is 1. The Kier molecular flexibility index (Phi) is 5.90. The summed E-state index contributed by atoms with van der Waals surface area (Å²) in [5, 5.41) is 14.3. The van der Waals surface area contributed by atoms with Crippen molar-refractivity contribution >= 4 is 27.3 Å². The summed E-state index contributed by atoms with van der Waals surface area (Å²) < 4.78 is 1.11. The molecule has 0 aliphatic carbocycles. The van der Waals surface area contributed by atoms with Gasteiger partial charge in [-0.3, -0.25) is 0 Å². The predicted octanol–water partition coefficient (Wildman–Crippen LogP) is 4.21. The highest BCUT2D eigenvalue weighted by molar-refractivity contribution is 9.10. The van der Waals surface area contributed by atoms with Crippen LogP contribution in [-0.4, -0.2) is 22.3 Å². The van der Waals surface area contributed by atoms with Gasteiger partial charge >= 0.3 is 0 Å². The summed E-state index contributed by atoms with van der Waals surface area (Å²) in [6, 6.07) is 8.35. The fourth-order valence-electron chi connectivity index (χ4n) is 1.99. The van der Waals surface area contributed by atoms with E-state index in [1.54, 1.807) is 11.3 Å². The predicted molar refractivity (Wildman–Crippen MR) is 92.9 cm³/mol. The minimum atomic E-state index is 0.187. The summed E-state index contributed by atoms with van der Waals surface area (Å²) in [4.78, 5) is 0. The van der Waals surface area contributed by atoms with Gasteiger partial charge in [0.25, 0.3) is 0 Å². The average Bonchev–Trinajstić information content (AvgIpc) is 2.81. The molecular formula is C16H22BrN3S. The number of hydrogen-bond donors (Lipinski definition) is 1. The molecule has 0 spiro atoms. The van der Waals surface area contributed by atoms with Crippen molar-refractivity contribution < 1.29 is 0 Å². The zero-order valence-electron chi connectivity index (χ0n) is 12.8. The lowest BCUT2D eigenvalue weighted by molar-refractivity contribution is 0.422. The van der Waals surface area contributed by atoms with Gasteiger partial charge in [0.15, 0.2) is 0 Å². The van der Waals surface area contributed by atoms with E-state index in [0.717, 1.165) is 40.3 Å². The van der Waals surface area contributed by atoms with Crippen molar-refractivity contribution in [1.29, 1.82) is 0 Å². The molecule has 21 heavy (non-hydrogen) atoms. The molecule has 1 N–H and O–H groups in total. The zero-order valence-corrected chi connectivity index (χ0v) is 15.2. The molecular weight excluding hydrogens is 346 g/mol. The molecule has 0 unspecified atom stereocenters. The molecule has 0 aliphatic heterocycles. The summed E-state index contributed by atoms with van der Waals surface area (Å²) in [7, 11) is 0. The Hall–Kier alpha value is -0.780. The van der Waals surface area contributed by atoms with Crippen molar-refractivity contribution in [3.63, 3.8) is 0 Å². The number of hydrogen-bond acceptors (Lipinski definition) is 4. The van der Waals surface area contributed by atoms with Crippen LogP contribution in [0.4, 0.5) is 0 Å². The van der Waals surface area contributed by atoms with E-state index in [4.69, 9.17) is 0 Å². The Bertz CT molecular complexity index is 575. The van der Waals surface area contributed by atoms with Gasteiger partial charge in [0.1, 0.15) is 10.0 Å². The molecule has 0 fully saturated rings. The number of nitrogens with one attached hydrogen (secondary N) is 1. The first kappa shape index (κ1) is 16.6. The lowest BCUT2D eigenvalue weighted by Crippen LogP contribution is -2.36. The fraction of sp³-hybridized carbons (Fsp3) is 0.500. The molecule has 0 aliphatic rings. The lowest BCUT2D eigenvalue weighted by Gasteiger charge is -2.20. The summed E-state index contributed by atoms with van der Waals surface area (Å²) >= 11 is 5.23. The molecule has 1 aromatic carbocycles. The van der Waals surface area contributed by atoms with Crippen molar-refractivity contribution in [1.82, 2.24) is 15.5 Å². The highest BCUT2D eigenvalue weighted by atomic mass is 79.9. The zero-order chi connectivity index (χ0) is 15.3. The number of benzene rings is 1. The molecule has 0 saturated heterocycles. The van der Waals surface area contributed by atoms with Gasteiger partial charge in [-0.2, -0.15) is 0 Å². The van der Waals surface area contributed by atoms with Crippen LogP contribution in [0.1, 0.15) is 42.8 Å². The molecule has 1 heterocycles.